The van der Waals surface area contributed by atoms with Crippen LogP contribution in [0.4, 0.5) is 0 Å². The molecule has 0 bridgehead atoms. The molecule has 1 saturated carbocycles. The van der Waals surface area contributed by atoms with Crippen molar-refractivity contribution in [2.24, 2.45) is 7.05 Å². The molecule has 1 aromatic carbocycles. The zero-order valence-corrected chi connectivity index (χ0v) is 15.8. The number of imidazole rings is 1. The zero-order valence-electron chi connectivity index (χ0n) is 15.0. The van der Waals surface area contributed by atoms with Gasteiger partial charge in [0.05, 0.1) is 6.54 Å². The minimum Gasteiger partial charge on any atom is -0.337 e. The molecule has 1 aliphatic carbocycles. The van der Waals surface area contributed by atoms with Crippen molar-refractivity contribution in [1.82, 2.24) is 24.4 Å². The largest absolute Gasteiger partial charge is 0.337 e. The van der Waals surface area contributed by atoms with E-state index in [0.29, 0.717) is 6.04 Å². The van der Waals surface area contributed by atoms with Crippen LogP contribution in [0.2, 0.25) is 0 Å². The van der Waals surface area contributed by atoms with Crippen molar-refractivity contribution in [2.45, 2.75) is 42.9 Å². The van der Waals surface area contributed by atoms with Crippen LogP contribution in [-0.2, 0) is 25.9 Å². The first-order valence-corrected chi connectivity index (χ1v) is 9.94. The third-order valence-corrected chi connectivity index (χ3v) is 5.55. The Kier molecular flexibility index (Phi) is 5.32. The third kappa shape index (κ3) is 4.51. The van der Waals surface area contributed by atoms with Crippen molar-refractivity contribution < 1.29 is 0 Å². The van der Waals surface area contributed by atoms with E-state index in [-0.39, 0.29) is 0 Å². The molecule has 3 aromatic rings. The highest BCUT2D eigenvalue weighted by atomic mass is 32.2. The predicted molar refractivity (Wildman–Crippen MR) is 104 cm³/mol. The monoisotopic (exact) mass is 365 g/mol. The molecule has 0 aliphatic heterocycles. The number of aryl methyl sites for hydroxylation is 1. The number of rotatable bonds is 8. The van der Waals surface area contributed by atoms with Crippen LogP contribution in [0.5, 0.6) is 0 Å². The highest BCUT2D eigenvalue weighted by Crippen LogP contribution is 2.29. The summed E-state index contributed by atoms with van der Waals surface area (Å²) in [5.74, 6) is 2.00. The van der Waals surface area contributed by atoms with Gasteiger partial charge in [-0.05, 0) is 18.4 Å². The Bertz CT molecular complexity index is 827. The van der Waals surface area contributed by atoms with E-state index in [1.165, 1.54) is 18.4 Å². The Balaban J connectivity index is 1.35. The van der Waals surface area contributed by atoms with Crippen molar-refractivity contribution in [2.75, 3.05) is 0 Å². The van der Waals surface area contributed by atoms with Crippen molar-refractivity contribution >= 4 is 11.8 Å². The van der Waals surface area contributed by atoms with Crippen LogP contribution in [0, 0.1) is 0 Å². The van der Waals surface area contributed by atoms with E-state index in [0.717, 1.165) is 35.4 Å². The molecule has 26 heavy (non-hydrogen) atoms. The smallest absolute Gasteiger partial charge is 0.187 e. The van der Waals surface area contributed by atoms with E-state index >= 15 is 0 Å². The zero-order chi connectivity index (χ0) is 17.8. The number of nitrogens with zero attached hydrogens (tertiary/aromatic N) is 5. The predicted octanol–water partition coefficient (Wildman–Crippen LogP) is 3.67. The van der Waals surface area contributed by atoms with Crippen LogP contribution in [-0.4, -0.2) is 30.5 Å². The Morgan fingerprint density at radius 3 is 2.46 bits per heavy atom. The van der Waals surface area contributed by atoms with Gasteiger partial charge in [-0.25, -0.2) is 15.0 Å². The Labute approximate surface area is 158 Å². The molecular weight excluding hydrogens is 342 g/mol. The number of hydrogen-bond acceptors (Lipinski definition) is 5. The lowest BCUT2D eigenvalue weighted by Crippen LogP contribution is -2.26. The highest BCUT2D eigenvalue weighted by molar-refractivity contribution is 7.98. The summed E-state index contributed by atoms with van der Waals surface area (Å²) >= 11 is 1.68. The molecule has 1 fully saturated rings. The van der Waals surface area contributed by atoms with E-state index in [9.17, 15) is 0 Å². The van der Waals surface area contributed by atoms with Crippen LogP contribution < -0.4 is 0 Å². The molecule has 0 N–H and O–H groups in total. The van der Waals surface area contributed by atoms with Gasteiger partial charge >= 0.3 is 0 Å². The van der Waals surface area contributed by atoms with Crippen molar-refractivity contribution in [1.29, 1.82) is 0 Å². The van der Waals surface area contributed by atoms with Crippen molar-refractivity contribution in [3.63, 3.8) is 0 Å². The summed E-state index contributed by atoms with van der Waals surface area (Å²) in [5, 5.41) is 0.833. The van der Waals surface area contributed by atoms with Gasteiger partial charge in [0, 0.05) is 55.7 Å². The Morgan fingerprint density at radius 1 is 1.04 bits per heavy atom. The minimum absolute atomic E-state index is 0.666. The Hall–Kier alpha value is -2.18. The third-order valence-electron chi connectivity index (χ3n) is 4.61. The highest BCUT2D eigenvalue weighted by Gasteiger charge is 2.29. The fourth-order valence-electron chi connectivity index (χ4n) is 2.94. The van der Waals surface area contributed by atoms with E-state index < -0.39 is 0 Å². The summed E-state index contributed by atoms with van der Waals surface area (Å²) in [6.07, 6.45) is 10.3. The van der Waals surface area contributed by atoms with Crippen LogP contribution >= 0.6 is 11.8 Å². The summed E-state index contributed by atoms with van der Waals surface area (Å²) in [6.45, 7) is 1.75. The average molecular weight is 366 g/mol. The molecule has 4 rings (SSSR count). The maximum atomic E-state index is 4.55. The van der Waals surface area contributed by atoms with Gasteiger partial charge in [-0.2, -0.15) is 0 Å². The van der Waals surface area contributed by atoms with Crippen LogP contribution in [0.15, 0.2) is 60.3 Å². The summed E-state index contributed by atoms with van der Waals surface area (Å²) in [6, 6.07) is 11.1. The van der Waals surface area contributed by atoms with E-state index in [1.807, 2.05) is 30.9 Å². The van der Waals surface area contributed by atoms with Crippen LogP contribution in [0.25, 0.3) is 0 Å². The quantitative estimate of drug-likeness (QED) is 0.450. The molecular formula is C20H23N5S. The SMILES string of the molecule is Cn1ccnc1CN(Cc1cnc(SCc2ccccc2)nc1)C1CC1. The lowest BCUT2D eigenvalue weighted by Gasteiger charge is -2.21. The van der Waals surface area contributed by atoms with E-state index in [2.05, 4.69) is 55.7 Å². The molecule has 0 saturated heterocycles. The summed E-state index contributed by atoms with van der Waals surface area (Å²) < 4.78 is 2.09. The molecule has 2 aromatic heterocycles. The van der Waals surface area contributed by atoms with Gasteiger partial charge in [0.25, 0.3) is 0 Å². The first-order valence-electron chi connectivity index (χ1n) is 8.96. The molecule has 5 nitrogen and oxygen atoms in total. The standard InChI is InChI=1S/C20H23N5S/c1-24-10-9-21-19(24)14-25(18-7-8-18)13-17-11-22-20(23-12-17)26-15-16-5-3-2-4-6-16/h2-6,9-12,18H,7-8,13-15H2,1H3. The molecule has 1 aliphatic rings. The first-order chi connectivity index (χ1) is 12.8. The molecule has 2 heterocycles. The molecule has 0 radical (unpaired) electrons. The maximum Gasteiger partial charge on any atom is 0.187 e. The number of benzene rings is 1. The van der Waals surface area contributed by atoms with Gasteiger partial charge in [0.2, 0.25) is 0 Å². The summed E-state index contributed by atoms with van der Waals surface area (Å²) in [7, 11) is 2.05. The topological polar surface area (TPSA) is 46.8 Å². The average Bonchev–Trinajstić information content (AvgIpc) is 3.45. The molecule has 134 valence electrons. The van der Waals surface area contributed by atoms with Crippen molar-refractivity contribution in [3.8, 4) is 0 Å². The second-order valence-electron chi connectivity index (χ2n) is 6.74. The van der Waals surface area contributed by atoms with Gasteiger partial charge in [-0.3, -0.25) is 4.90 Å². The molecule has 0 amide bonds. The van der Waals surface area contributed by atoms with E-state index in [1.54, 1.807) is 11.8 Å². The molecule has 6 heteroatoms. The summed E-state index contributed by atoms with van der Waals surface area (Å²) in [4.78, 5) is 16.0. The summed E-state index contributed by atoms with van der Waals surface area (Å²) in [5.41, 5.74) is 2.45. The normalized spacial score (nSPS) is 14.1. The second-order valence-corrected chi connectivity index (χ2v) is 7.68. The van der Waals surface area contributed by atoms with Crippen molar-refractivity contribution in [3.05, 3.63) is 72.1 Å². The van der Waals surface area contributed by atoms with E-state index in [4.69, 9.17) is 0 Å². The van der Waals surface area contributed by atoms with Gasteiger partial charge in [0.1, 0.15) is 5.82 Å². The molecule has 0 spiro atoms. The van der Waals surface area contributed by atoms with Crippen LogP contribution in [0.3, 0.4) is 0 Å². The lowest BCUT2D eigenvalue weighted by atomic mass is 10.2. The first kappa shape index (κ1) is 17.2. The fraction of sp³-hybridized carbons (Fsp3) is 0.350. The molecule has 0 unspecified atom stereocenters. The number of thioether (sulfide) groups is 1. The number of aromatic nitrogens is 4. The number of hydrogen-bond donors (Lipinski definition) is 0. The fourth-order valence-corrected chi connectivity index (χ4v) is 3.68. The maximum absolute atomic E-state index is 4.55. The molecule has 0 atom stereocenters. The lowest BCUT2D eigenvalue weighted by molar-refractivity contribution is 0.236. The Morgan fingerprint density at radius 2 is 1.81 bits per heavy atom. The van der Waals surface area contributed by atoms with Gasteiger partial charge in [0.15, 0.2) is 5.16 Å². The van der Waals surface area contributed by atoms with Gasteiger partial charge < -0.3 is 4.57 Å². The van der Waals surface area contributed by atoms with Crippen LogP contribution in [0.1, 0.15) is 29.8 Å². The van der Waals surface area contributed by atoms with Gasteiger partial charge in [-0.15, -0.1) is 0 Å². The van der Waals surface area contributed by atoms with Gasteiger partial charge in [-0.1, -0.05) is 42.1 Å². The minimum atomic E-state index is 0.666. The second kappa shape index (κ2) is 8.01.